The SMILES string of the molecule is COc1ccc(NC(=O)CN(Cc2ccco2)S(=O)(=O)c2ccc(-n3cnnn3)c(OC)c2)cc1. The second-order valence-corrected chi connectivity index (χ2v) is 9.16. The Morgan fingerprint density at radius 3 is 2.54 bits per heavy atom. The van der Waals surface area contributed by atoms with E-state index in [2.05, 4.69) is 20.8 Å². The highest BCUT2D eigenvalue weighted by Crippen LogP contribution is 2.28. The van der Waals surface area contributed by atoms with Crippen molar-refractivity contribution < 1.29 is 27.1 Å². The van der Waals surface area contributed by atoms with Crippen LogP contribution in [0.2, 0.25) is 0 Å². The van der Waals surface area contributed by atoms with Gasteiger partial charge < -0.3 is 19.2 Å². The lowest BCUT2D eigenvalue weighted by molar-refractivity contribution is -0.116. The Hall–Kier alpha value is -4.23. The van der Waals surface area contributed by atoms with E-state index < -0.39 is 22.5 Å². The number of furan rings is 1. The molecule has 4 rings (SSSR count). The number of benzene rings is 2. The van der Waals surface area contributed by atoms with Gasteiger partial charge in [0.05, 0.1) is 38.5 Å². The molecule has 1 N–H and O–H groups in total. The maximum atomic E-state index is 13.6. The van der Waals surface area contributed by atoms with Gasteiger partial charge in [-0.1, -0.05) is 0 Å². The Kier molecular flexibility index (Phi) is 7.08. The Morgan fingerprint density at radius 1 is 1.11 bits per heavy atom. The normalized spacial score (nSPS) is 11.4. The molecule has 2 aromatic heterocycles. The summed E-state index contributed by atoms with van der Waals surface area (Å²) >= 11 is 0. The van der Waals surface area contributed by atoms with Crippen LogP contribution in [-0.4, -0.2) is 59.6 Å². The van der Waals surface area contributed by atoms with Crippen molar-refractivity contribution in [2.75, 3.05) is 26.1 Å². The molecule has 0 bridgehead atoms. The van der Waals surface area contributed by atoms with E-state index in [0.717, 1.165) is 4.31 Å². The fourth-order valence-corrected chi connectivity index (χ4v) is 4.64. The van der Waals surface area contributed by atoms with Gasteiger partial charge >= 0.3 is 0 Å². The Balaban J connectivity index is 1.61. The molecule has 2 aromatic carbocycles. The van der Waals surface area contributed by atoms with Crippen LogP contribution in [0.25, 0.3) is 5.69 Å². The number of tetrazole rings is 1. The van der Waals surface area contributed by atoms with Crippen LogP contribution in [0.15, 0.2) is 76.5 Å². The van der Waals surface area contributed by atoms with Gasteiger partial charge in [0.1, 0.15) is 29.3 Å². The summed E-state index contributed by atoms with van der Waals surface area (Å²) in [6.45, 7) is -0.603. The molecule has 0 radical (unpaired) electrons. The number of carbonyl (C=O) groups excluding carboxylic acids is 1. The first-order valence-corrected chi connectivity index (χ1v) is 11.7. The quantitative estimate of drug-likeness (QED) is 0.348. The Morgan fingerprint density at radius 2 is 1.91 bits per heavy atom. The van der Waals surface area contributed by atoms with Gasteiger partial charge in [-0.25, -0.2) is 8.42 Å². The highest BCUT2D eigenvalue weighted by molar-refractivity contribution is 7.89. The van der Waals surface area contributed by atoms with Gasteiger partial charge in [0.2, 0.25) is 15.9 Å². The predicted octanol–water partition coefficient (Wildman–Crippen LogP) is 2.10. The van der Waals surface area contributed by atoms with Crippen molar-refractivity contribution in [3.05, 3.63) is 72.9 Å². The summed E-state index contributed by atoms with van der Waals surface area (Å²) in [4.78, 5) is 12.7. The Labute approximate surface area is 201 Å². The first-order valence-electron chi connectivity index (χ1n) is 10.3. The molecule has 12 nitrogen and oxygen atoms in total. The number of ether oxygens (including phenoxy) is 2. The van der Waals surface area contributed by atoms with Crippen LogP contribution in [0, 0.1) is 0 Å². The van der Waals surface area contributed by atoms with E-state index in [1.807, 2.05) is 0 Å². The van der Waals surface area contributed by atoms with Crippen molar-refractivity contribution >= 4 is 21.6 Å². The van der Waals surface area contributed by atoms with Crippen LogP contribution >= 0.6 is 0 Å². The number of hydrogen-bond donors (Lipinski definition) is 1. The average molecular weight is 499 g/mol. The fourth-order valence-electron chi connectivity index (χ4n) is 3.27. The second kappa shape index (κ2) is 10.4. The molecule has 0 aliphatic carbocycles. The number of anilines is 1. The molecule has 2 heterocycles. The molecule has 35 heavy (non-hydrogen) atoms. The smallest absolute Gasteiger partial charge is 0.244 e. The summed E-state index contributed by atoms with van der Waals surface area (Å²) in [6.07, 6.45) is 2.79. The maximum absolute atomic E-state index is 13.6. The summed E-state index contributed by atoms with van der Waals surface area (Å²) < 4.78 is 45.3. The lowest BCUT2D eigenvalue weighted by Gasteiger charge is -2.21. The van der Waals surface area contributed by atoms with Crippen LogP contribution in [0.4, 0.5) is 5.69 Å². The number of rotatable bonds is 10. The van der Waals surface area contributed by atoms with Crippen molar-refractivity contribution in [3.8, 4) is 17.2 Å². The minimum absolute atomic E-state index is 0.0741. The number of amides is 1. The van der Waals surface area contributed by atoms with Gasteiger partial charge in [-0.2, -0.15) is 8.99 Å². The summed E-state index contributed by atoms with van der Waals surface area (Å²) in [5.74, 6) is 0.716. The van der Waals surface area contributed by atoms with Crippen LogP contribution in [-0.2, 0) is 21.4 Å². The summed E-state index contributed by atoms with van der Waals surface area (Å²) in [6, 6.07) is 14.2. The standard InChI is InChI=1S/C22H22N6O6S/c1-32-17-7-5-16(6-8-17)24-22(29)14-27(13-18-4-3-11-34-18)35(30,31)19-9-10-20(21(12-19)33-2)28-15-23-25-26-28/h3-12,15H,13-14H2,1-2H3,(H,24,29). The number of methoxy groups -OCH3 is 2. The largest absolute Gasteiger partial charge is 0.497 e. The third-order valence-electron chi connectivity index (χ3n) is 4.99. The molecule has 0 unspecified atom stereocenters. The number of hydrogen-bond acceptors (Lipinski definition) is 9. The van der Waals surface area contributed by atoms with Gasteiger partial charge in [-0.15, -0.1) is 5.10 Å². The molecule has 0 aliphatic rings. The molecule has 0 aliphatic heterocycles. The van der Waals surface area contributed by atoms with Crippen molar-refractivity contribution in [2.45, 2.75) is 11.4 Å². The molecular weight excluding hydrogens is 476 g/mol. The first kappa shape index (κ1) is 23.9. The van der Waals surface area contributed by atoms with E-state index in [1.165, 1.54) is 49.7 Å². The minimum Gasteiger partial charge on any atom is -0.497 e. The van der Waals surface area contributed by atoms with Crippen LogP contribution in [0.3, 0.4) is 0 Å². The zero-order chi connectivity index (χ0) is 24.8. The molecule has 0 saturated heterocycles. The van der Waals surface area contributed by atoms with Crippen LogP contribution < -0.4 is 14.8 Å². The zero-order valence-corrected chi connectivity index (χ0v) is 19.7. The summed E-state index contributed by atoms with van der Waals surface area (Å²) in [5, 5.41) is 13.7. The van der Waals surface area contributed by atoms with E-state index in [0.29, 0.717) is 22.9 Å². The molecule has 0 saturated carbocycles. The molecule has 13 heteroatoms. The second-order valence-electron chi connectivity index (χ2n) is 7.22. The average Bonchev–Trinajstić information content (AvgIpc) is 3.58. The maximum Gasteiger partial charge on any atom is 0.244 e. The van der Waals surface area contributed by atoms with Crippen molar-refractivity contribution in [2.24, 2.45) is 0 Å². The molecule has 182 valence electrons. The lowest BCUT2D eigenvalue weighted by atomic mass is 10.3. The van der Waals surface area contributed by atoms with Crippen molar-refractivity contribution in [3.63, 3.8) is 0 Å². The number of nitrogens with one attached hydrogen (secondary N) is 1. The summed E-state index contributed by atoms with van der Waals surface area (Å²) in [5.41, 5.74) is 0.949. The van der Waals surface area contributed by atoms with Gasteiger partial charge in [0.25, 0.3) is 0 Å². The molecule has 0 atom stereocenters. The van der Waals surface area contributed by atoms with Crippen molar-refractivity contribution in [1.82, 2.24) is 24.5 Å². The topological polar surface area (TPSA) is 142 Å². The molecule has 0 fully saturated rings. The molecule has 0 spiro atoms. The first-order chi connectivity index (χ1) is 16.9. The van der Waals surface area contributed by atoms with Crippen LogP contribution in [0.1, 0.15) is 5.76 Å². The van der Waals surface area contributed by atoms with E-state index in [9.17, 15) is 13.2 Å². The number of nitrogens with zero attached hydrogens (tertiary/aromatic N) is 5. The zero-order valence-electron chi connectivity index (χ0n) is 18.9. The van der Waals surface area contributed by atoms with E-state index in [-0.39, 0.29) is 17.2 Å². The van der Waals surface area contributed by atoms with E-state index in [4.69, 9.17) is 13.9 Å². The highest BCUT2D eigenvalue weighted by atomic mass is 32.2. The van der Waals surface area contributed by atoms with Gasteiger partial charge in [-0.05, 0) is 59.0 Å². The monoisotopic (exact) mass is 498 g/mol. The van der Waals surface area contributed by atoms with E-state index in [1.54, 1.807) is 36.4 Å². The third-order valence-corrected chi connectivity index (χ3v) is 6.78. The highest BCUT2D eigenvalue weighted by Gasteiger charge is 2.29. The fraction of sp³-hybridized carbons (Fsp3) is 0.182. The number of carbonyl (C=O) groups is 1. The number of sulfonamides is 1. The molecular formula is C22H22N6O6S. The lowest BCUT2D eigenvalue weighted by Crippen LogP contribution is -2.37. The van der Waals surface area contributed by atoms with E-state index >= 15 is 0 Å². The van der Waals surface area contributed by atoms with Gasteiger partial charge in [-0.3, -0.25) is 4.79 Å². The number of aromatic nitrogens is 4. The van der Waals surface area contributed by atoms with Gasteiger partial charge in [0.15, 0.2) is 0 Å². The molecule has 4 aromatic rings. The predicted molar refractivity (Wildman–Crippen MR) is 124 cm³/mol. The Bertz CT molecular complexity index is 1370. The minimum atomic E-state index is -4.14. The van der Waals surface area contributed by atoms with Crippen LogP contribution in [0.5, 0.6) is 11.5 Å². The molecule has 1 amide bonds. The van der Waals surface area contributed by atoms with Crippen molar-refractivity contribution in [1.29, 1.82) is 0 Å². The third kappa shape index (κ3) is 5.47. The van der Waals surface area contributed by atoms with Gasteiger partial charge in [0, 0.05) is 11.8 Å². The summed E-state index contributed by atoms with van der Waals surface area (Å²) in [7, 11) is -1.20.